The van der Waals surface area contributed by atoms with Gasteiger partial charge in [0.2, 0.25) is 0 Å². The van der Waals surface area contributed by atoms with E-state index in [1.807, 2.05) is 0 Å². The number of aliphatic hydroxyl groups is 1. The van der Waals surface area contributed by atoms with Crippen molar-refractivity contribution in [3.63, 3.8) is 0 Å². The van der Waals surface area contributed by atoms with Crippen molar-refractivity contribution in [3.05, 3.63) is 0 Å². The summed E-state index contributed by atoms with van der Waals surface area (Å²) in [6, 6.07) is 0. The maximum absolute atomic E-state index is 11.5. The van der Waals surface area contributed by atoms with Gasteiger partial charge in [-0.05, 0) is 12.8 Å². The van der Waals surface area contributed by atoms with Gasteiger partial charge in [-0.2, -0.15) is 0 Å². The van der Waals surface area contributed by atoms with E-state index in [0.717, 1.165) is 25.7 Å². The monoisotopic (exact) mass is 228 g/mol. The van der Waals surface area contributed by atoms with Crippen molar-refractivity contribution in [3.8, 4) is 0 Å². The van der Waals surface area contributed by atoms with Crippen molar-refractivity contribution in [2.24, 2.45) is 0 Å². The van der Waals surface area contributed by atoms with Crippen molar-refractivity contribution in [2.75, 3.05) is 6.61 Å². The van der Waals surface area contributed by atoms with Crippen LogP contribution in [0.3, 0.4) is 0 Å². The van der Waals surface area contributed by atoms with E-state index in [0.29, 0.717) is 0 Å². The molecule has 3 rings (SSSR count). The van der Waals surface area contributed by atoms with Crippen LogP contribution in [0.4, 0.5) is 0 Å². The summed E-state index contributed by atoms with van der Waals surface area (Å²) >= 11 is 0. The molecule has 2 saturated heterocycles. The Morgan fingerprint density at radius 3 is 2.69 bits per heavy atom. The Kier molecular flexibility index (Phi) is 2.42. The molecule has 16 heavy (non-hydrogen) atoms. The van der Waals surface area contributed by atoms with Gasteiger partial charge < -0.3 is 19.3 Å². The molecule has 1 N–H and O–H groups in total. The van der Waals surface area contributed by atoms with Crippen LogP contribution in [-0.2, 0) is 19.0 Å². The number of hydrogen-bond donors (Lipinski definition) is 1. The van der Waals surface area contributed by atoms with Crippen LogP contribution in [0.5, 0.6) is 0 Å². The van der Waals surface area contributed by atoms with Gasteiger partial charge in [-0.3, -0.25) is 0 Å². The summed E-state index contributed by atoms with van der Waals surface area (Å²) in [6.07, 6.45) is 3.40. The summed E-state index contributed by atoms with van der Waals surface area (Å²) in [6.45, 7) is -0.202. The lowest BCUT2D eigenvalue weighted by Crippen LogP contribution is -2.37. The summed E-state index contributed by atoms with van der Waals surface area (Å²) in [4.78, 5) is 11.5. The van der Waals surface area contributed by atoms with Crippen LogP contribution in [0.1, 0.15) is 32.1 Å². The largest absolute Gasteiger partial charge is 0.455 e. The number of esters is 1. The molecule has 3 aliphatic rings. The first-order valence-corrected chi connectivity index (χ1v) is 5.91. The molecule has 0 bridgehead atoms. The Labute approximate surface area is 93.7 Å². The second-order valence-corrected chi connectivity index (χ2v) is 4.75. The van der Waals surface area contributed by atoms with Crippen LogP contribution in [-0.4, -0.2) is 41.8 Å². The third-order valence-electron chi connectivity index (χ3n) is 3.65. The second kappa shape index (κ2) is 3.68. The highest BCUT2D eigenvalue weighted by molar-refractivity contribution is 5.78. The highest BCUT2D eigenvalue weighted by Gasteiger charge is 2.58. The molecule has 3 fully saturated rings. The van der Waals surface area contributed by atoms with E-state index in [2.05, 4.69) is 0 Å². The highest BCUT2D eigenvalue weighted by atomic mass is 16.8. The molecule has 0 aromatic heterocycles. The van der Waals surface area contributed by atoms with Crippen LogP contribution in [0.25, 0.3) is 0 Å². The Morgan fingerprint density at radius 1 is 1.25 bits per heavy atom. The Bertz CT molecular complexity index is 297. The SMILES string of the molecule is O=C1O[C@H](CO)[C@H]2OC3(CCCCC3)O[C@@H]12. The minimum Gasteiger partial charge on any atom is -0.455 e. The van der Waals surface area contributed by atoms with E-state index in [-0.39, 0.29) is 6.61 Å². The number of carbonyl (C=O) groups is 1. The maximum atomic E-state index is 11.5. The first kappa shape index (κ1) is 10.5. The fourth-order valence-electron chi connectivity index (χ4n) is 2.84. The fourth-order valence-corrected chi connectivity index (χ4v) is 2.84. The minimum absolute atomic E-state index is 0.202. The van der Waals surface area contributed by atoms with Crippen molar-refractivity contribution in [1.29, 1.82) is 0 Å². The normalized spacial score (nSPS) is 41.1. The van der Waals surface area contributed by atoms with Gasteiger partial charge in [-0.1, -0.05) is 6.42 Å². The van der Waals surface area contributed by atoms with Crippen LogP contribution in [0, 0.1) is 0 Å². The topological polar surface area (TPSA) is 65.0 Å². The molecule has 5 nitrogen and oxygen atoms in total. The molecule has 1 saturated carbocycles. The first-order chi connectivity index (χ1) is 7.74. The van der Waals surface area contributed by atoms with Crippen molar-refractivity contribution < 1.29 is 24.1 Å². The van der Waals surface area contributed by atoms with Gasteiger partial charge in [0.1, 0.15) is 6.10 Å². The van der Waals surface area contributed by atoms with Gasteiger partial charge in [-0.25, -0.2) is 4.79 Å². The predicted molar refractivity (Wildman–Crippen MR) is 52.5 cm³/mol. The van der Waals surface area contributed by atoms with E-state index in [1.54, 1.807) is 0 Å². The summed E-state index contributed by atoms with van der Waals surface area (Å²) in [5.41, 5.74) is 0. The highest BCUT2D eigenvalue weighted by Crippen LogP contribution is 2.44. The smallest absolute Gasteiger partial charge is 0.338 e. The van der Waals surface area contributed by atoms with Gasteiger partial charge in [0.15, 0.2) is 18.0 Å². The van der Waals surface area contributed by atoms with E-state index in [1.165, 1.54) is 6.42 Å². The zero-order valence-electron chi connectivity index (χ0n) is 9.05. The zero-order valence-corrected chi connectivity index (χ0v) is 9.05. The molecule has 0 aromatic carbocycles. The first-order valence-electron chi connectivity index (χ1n) is 5.91. The van der Waals surface area contributed by atoms with Gasteiger partial charge in [-0.15, -0.1) is 0 Å². The zero-order chi connectivity index (χ0) is 11.2. The molecule has 2 aliphatic heterocycles. The maximum Gasteiger partial charge on any atom is 0.338 e. The minimum atomic E-state index is -0.629. The fraction of sp³-hybridized carbons (Fsp3) is 0.909. The molecular formula is C11H16O5. The molecular weight excluding hydrogens is 212 g/mol. The van der Waals surface area contributed by atoms with E-state index >= 15 is 0 Å². The molecule has 0 radical (unpaired) electrons. The number of cyclic esters (lactones) is 1. The molecule has 0 aromatic rings. The summed E-state index contributed by atoms with van der Waals surface area (Å²) in [7, 11) is 0. The van der Waals surface area contributed by atoms with Crippen LogP contribution in [0.2, 0.25) is 0 Å². The molecule has 1 spiro atoms. The lowest BCUT2D eigenvalue weighted by atomic mass is 9.94. The summed E-state index contributed by atoms with van der Waals surface area (Å²) in [5, 5.41) is 9.10. The van der Waals surface area contributed by atoms with Gasteiger partial charge >= 0.3 is 5.97 Å². The number of ether oxygens (including phenoxy) is 3. The second-order valence-electron chi connectivity index (χ2n) is 4.75. The predicted octanol–water partition coefficient (Wildman–Crippen LogP) is 0.348. The number of aliphatic hydroxyl groups excluding tert-OH is 1. The third-order valence-corrected chi connectivity index (χ3v) is 3.65. The molecule has 0 unspecified atom stereocenters. The summed E-state index contributed by atoms with van der Waals surface area (Å²) < 4.78 is 16.6. The van der Waals surface area contributed by atoms with E-state index < -0.39 is 30.1 Å². The molecule has 2 heterocycles. The molecule has 5 heteroatoms. The Balaban J connectivity index is 1.78. The van der Waals surface area contributed by atoms with Crippen molar-refractivity contribution in [2.45, 2.75) is 56.2 Å². The van der Waals surface area contributed by atoms with Crippen LogP contribution in [0.15, 0.2) is 0 Å². The molecule has 1 aliphatic carbocycles. The lowest BCUT2D eigenvalue weighted by Gasteiger charge is -2.32. The van der Waals surface area contributed by atoms with Crippen LogP contribution < -0.4 is 0 Å². The number of carbonyl (C=O) groups excluding carboxylic acids is 1. The lowest BCUT2D eigenvalue weighted by molar-refractivity contribution is -0.217. The molecule has 3 atom stereocenters. The number of rotatable bonds is 1. The molecule has 0 amide bonds. The van der Waals surface area contributed by atoms with Crippen molar-refractivity contribution >= 4 is 5.97 Å². The van der Waals surface area contributed by atoms with Gasteiger partial charge in [0, 0.05) is 12.8 Å². The molecule has 90 valence electrons. The van der Waals surface area contributed by atoms with Gasteiger partial charge in [0.05, 0.1) is 6.61 Å². The third kappa shape index (κ3) is 1.46. The summed E-state index contributed by atoms with van der Waals surface area (Å²) in [5.74, 6) is -0.980. The van der Waals surface area contributed by atoms with Crippen LogP contribution >= 0.6 is 0 Å². The number of hydrogen-bond acceptors (Lipinski definition) is 5. The average molecular weight is 228 g/mol. The van der Waals surface area contributed by atoms with E-state index in [9.17, 15) is 4.79 Å². The quantitative estimate of drug-likeness (QED) is 0.656. The Morgan fingerprint density at radius 2 is 2.00 bits per heavy atom. The number of fused-ring (bicyclic) bond motifs is 1. The van der Waals surface area contributed by atoms with Crippen molar-refractivity contribution in [1.82, 2.24) is 0 Å². The van der Waals surface area contributed by atoms with Gasteiger partial charge in [0.25, 0.3) is 0 Å². The standard InChI is InChI=1S/C11H16O5/c12-6-7-8-9(10(13)14-7)16-11(15-8)4-2-1-3-5-11/h7-9,12H,1-6H2/t7-,8-,9-/m1/s1. The average Bonchev–Trinajstić information content (AvgIpc) is 2.78. The Hall–Kier alpha value is -0.650. The van der Waals surface area contributed by atoms with E-state index in [4.69, 9.17) is 19.3 Å².